The molecule has 4 N–H and O–H groups in total. The number of ketones is 1. The van der Waals surface area contributed by atoms with Gasteiger partial charge in [-0.15, -0.1) is 0 Å². The van der Waals surface area contributed by atoms with Crippen LogP contribution in [0, 0.1) is 0 Å². The van der Waals surface area contributed by atoms with Crippen molar-refractivity contribution < 1.29 is 20.1 Å². The van der Waals surface area contributed by atoms with Gasteiger partial charge in [-0.1, -0.05) is 30.3 Å². The summed E-state index contributed by atoms with van der Waals surface area (Å²) in [6.07, 6.45) is 1.45. The number of aromatic nitrogens is 1. The van der Waals surface area contributed by atoms with Crippen LogP contribution >= 0.6 is 0 Å². The molecule has 0 bridgehead atoms. The molecule has 1 aromatic heterocycles. The van der Waals surface area contributed by atoms with Gasteiger partial charge in [0.1, 0.15) is 0 Å². The van der Waals surface area contributed by atoms with Crippen LogP contribution in [0.15, 0.2) is 70.5 Å². The fourth-order valence-electron chi connectivity index (χ4n) is 3.47. The van der Waals surface area contributed by atoms with E-state index in [1.54, 1.807) is 42.5 Å². The molecule has 0 spiro atoms. The molecule has 4 aromatic rings. The first-order valence-corrected chi connectivity index (χ1v) is 9.84. The van der Waals surface area contributed by atoms with Crippen molar-refractivity contribution in [3.63, 3.8) is 0 Å². The number of fused-ring (bicyclic) bond motifs is 1. The molecule has 4 rings (SSSR count). The number of hydrogen-bond acceptors (Lipinski definition) is 6. The number of phenolic OH excluding ortho intramolecular Hbond substituents is 2. The van der Waals surface area contributed by atoms with Crippen molar-refractivity contribution in [1.82, 2.24) is 4.98 Å². The Balaban J connectivity index is 1.77. The number of phenols is 2. The lowest BCUT2D eigenvalue weighted by Crippen LogP contribution is -2.08. The third-order valence-electron chi connectivity index (χ3n) is 5.18. The van der Waals surface area contributed by atoms with Crippen LogP contribution in [-0.4, -0.2) is 32.3 Å². The van der Waals surface area contributed by atoms with Gasteiger partial charge in [-0.25, -0.2) is 0 Å². The maximum atomic E-state index is 12.4. The highest BCUT2D eigenvalue weighted by atomic mass is 16.3. The van der Waals surface area contributed by atoms with E-state index in [-0.39, 0.29) is 29.7 Å². The van der Waals surface area contributed by atoms with E-state index in [2.05, 4.69) is 9.98 Å². The van der Waals surface area contributed by atoms with E-state index in [0.29, 0.717) is 27.5 Å². The fraction of sp³-hybridized carbons (Fsp3) is 0.0800. The Morgan fingerprint density at radius 3 is 2.47 bits per heavy atom. The quantitative estimate of drug-likeness (QED) is 0.216. The number of Topliss-reactive ketones (excluding diaryl/α,β-unsaturated/α-hetero) is 1. The Bertz CT molecular complexity index is 1440. The van der Waals surface area contributed by atoms with Crippen molar-refractivity contribution in [1.29, 1.82) is 0 Å². The van der Waals surface area contributed by atoms with Gasteiger partial charge in [0.15, 0.2) is 17.3 Å². The van der Waals surface area contributed by atoms with Gasteiger partial charge in [0.05, 0.1) is 12.1 Å². The SMILES string of the molecule is CC(=O)c1cccc(-c2ccc3c(=O)[nH]c(O)c(C=NCc4ccc(O)c(O)c4)c3c2)c1. The number of rotatable bonds is 5. The van der Waals surface area contributed by atoms with Crippen LogP contribution in [0.3, 0.4) is 0 Å². The number of pyridine rings is 1. The molecular weight excluding hydrogens is 408 g/mol. The zero-order chi connectivity index (χ0) is 22.8. The lowest BCUT2D eigenvalue weighted by molar-refractivity contribution is 0.101. The minimum Gasteiger partial charge on any atom is -0.504 e. The molecule has 0 unspecified atom stereocenters. The van der Waals surface area contributed by atoms with Gasteiger partial charge in [0.2, 0.25) is 5.88 Å². The van der Waals surface area contributed by atoms with Crippen LogP contribution in [0.1, 0.15) is 28.4 Å². The van der Waals surface area contributed by atoms with E-state index >= 15 is 0 Å². The Morgan fingerprint density at radius 1 is 0.938 bits per heavy atom. The molecule has 0 radical (unpaired) electrons. The molecular formula is C25H20N2O5. The molecule has 0 atom stereocenters. The Labute approximate surface area is 183 Å². The molecule has 0 aliphatic heterocycles. The van der Waals surface area contributed by atoms with Gasteiger partial charge in [-0.3, -0.25) is 19.6 Å². The van der Waals surface area contributed by atoms with Crippen molar-refractivity contribution in [2.45, 2.75) is 13.5 Å². The average Bonchev–Trinajstić information content (AvgIpc) is 2.78. The summed E-state index contributed by atoms with van der Waals surface area (Å²) in [6, 6.07) is 16.8. The smallest absolute Gasteiger partial charge is 0.258 e. The third kappa shape index (κ3) is 4.09. The molecule has 7 heteroatoms. The van der Waals surface area contributed by atoms with E-state index in [9.17, 15) is 24.9 Å². The third-order valence-corrected chi connectivity index (χ3v) is 5.18. The number of carbonyl (C=O) groups is 1. The molecule has 3 aromatic carbocycles. The highest BCUT2D eigenvalue weighted by Gasteiger charge is 2.12. The number of carbonyl (C=O) groups excluding carboxylic acids is 1. The lowest BCUT2D eigenvalue weighted by atomic mass is 9.98. The van der Waals surface area contributed by atoms with Crippen LogP contribution in [-0.2, 0) is 6.54 Å². The predicted octanol–water partition coefficient (Wildman–Crippen LogP) is 4.13. The number of aromatic amines is 1. The van der Waals surface area contributed by atoms with Crippen molar-refractivity contribution in [2.24, 2.45) is 4.99 Å². The summed E-state index contributed by atoms with van der Waals surface area (Å²) in [5, 5.41) is 30.3. The zero-order valence-corrected chi connectivity index (χ0v) is 17.2. The highest BCUT2D eigenvalue weighted by Crippen LogP contribution is 2.28. The van der Waals surface area contributed by atoms with E-state index < -0.39 is 5.56 Å². The summed E-state index contributed by atoms with van der Waals surface area (Å²) in [4.78, 5) is 30.8. The second kappa shape index (κ2) is 8.39. The number of hydrogen-bond donors (Lipinski definition) is 4. The van der Waals surface area contributed by atoms with E-state index in [4.69, 9.17) is 0 Å². The Morgan fingerprint density at radius 2 is 1.72 bits per heavy atom. The maximum absolute atomic E-state index is 12.4. The van der Waals surface area contributed by atoms with Crippen LogP contribution in [0.5, 0.6) is 17.4 Å². The highest BCUT2D eigenvalue weighted by molar-refractivity contribution is 6.03. The number of aliphatic imine (C=N–C) groups is 1. The molecule has 0 saturated heterocycles. The largest absolute Gasteiger partial charge is 0.504 e. The van der Waals surface area contributed by atoms with E-state index in [1.807, 2.05) is 6.07 Å². The van der Waals surface area contributed by atoms with Gasteiger partial charge in [0, 0.05) is 22.6 Å². The minimum atomic E-state index is -0.429. The first kappa shape index (κ1) is 20.9. The predicted molar refractivity (Wildman–Crippen MR) is 123 cm³/mol. The molecule has 0 aliphatic carbocycles. The van der Waals surface area contributed by atoms with Crippen molar-refractivity contribution >= 4 is 22.8 Å². The molecule has 0 amide bonds. The summed E-state index contributed by atoms with van der Waals surface area (Å²) in [5.41, 5.74) is 2.74. The minimum absolute atomic E-state index is 0.0465. The molecule has 0 aliphatic rings. The van der Waals surface area contributed by atoms with Crippen molar-refractivity contribution in [3.05, 3.63) is 87.7 Å². The molecule has 160 valence electrons. The fourth-order valence-corrected chi connectivity index (χ4v) is 3.47. The Hall–Kier alpha value is -4.39. The number of nitrogens with one attached hydrogen (secondary N) is 1. The van der Waals surface area contributed by atoms with Gasteiger partial charge in [-0.05, 0) is 53.9 Å². The molecule has 0 fully saturated rings. The van der Waals surface area contributed by atoms with E-state index in [1.165, 1.54) is 25.3 Å². The standard InChI is InChI=1S/C25H20N2O5/c1-14(28)16-3-2-4-17(10-16)18-6-7-19-20(11-18)21(25(32)27-24(19)31)13-26-12-15-5-8-22(29)23(30)9-15/h2-11,13,29-30H,12H2,1H3,(H2,27,31,32). The number of aromatic hydroxyl groups is 3. The number of H-pyrrole nitrogens is 1. The van der Waals surface area contributed by atoms with Crippen LogP contribution in [0.2, 0.25) is 0 Å². The van der Waals surface area contributed by atoms with Crippen LogP contribution in [0.4, 0.5) is 0 Å². The van der Waals surface area contributed by atoms with Gasteiger partial charge < -0.3 is 15.3 Å². The van der Waals surface area contributed by atoms with E-state index in [0.717, 1.165) is 11.1 Å². The summed E-state index contributed by atoms with van der Waals surface area (Å²) in [6.45, 7) is 1.69. The van der Waals surface area contributed by atoms with Crippen LogP contribution in [0.25, 0.3) is 21.9 Å². The number of benzene rings is 3. The average molecular weight is 428 g/mol. The molecule has 7 nitrogen and oxygen atoms in total. The van der Waals surface area contributed by atoms with Gasteiger partial charge in [-0.2, -0.15) is 0 Å². The molecule has 0 saturated carbocycles. The first-order valence-electron chi connectivity index (χ1n) is 9.84. The topological polar surface area (TPSA) is 123 Å². The second-order valence-electron chi connectivity index (χ2n) is 7.41. The van der Waals surface area contributed by atoms with Gasteiger partial charge >= 0.3 is 0 Å². The Kier molecular flexibility index (Phi) is 5.47. The van der Waals surface area contributed by atoms with Crippen molar-refractivity contribution in [2.75, 3.05) is 0 Å². The maximum Gasteiger partial charge on any atom is 0.258 e. The normalized spacial score (nSPS) is 11.3. The second-order valence-corrected chi connectivity index (χ2v) is 7.41. The number of nitrogens with zero attached hydrogens (tertiary/aromatic N) is 1. The summed E-state index contributed by atoms with van der Waals surface area (Å²) >= 11 is 0. The van der Waals surface area contributed by atoms with Gasteiger partial charge in [0.25, 0.3) is 5.56 Å². The summed E-state index contributed by atoms with van der Waals surface area (Å²) < 4.78 is 0. The van der Waals surface area contributed by atoms with Crippen molar-refractivity contribution in [3.8, 4) is 28.5 Å². The first-order chi connectivity index (χ1) is 15.3. The molecule has 32 heavy (non-hydrogen) atoms. The summed E-state index contributed by atoms with van der Waals surface area (Å²) in [7, 11) is 0. The van der Waals surface area contributed by atoms with Crippen LogP contribution < -0.4 is 5.56 Å². The zero-order valence-electron chi connectivity index (χ0n) is 17.2. The monoisotopic (exact) mass is 428 g/mol. The molecule has 1 heterocycles. The lowest BCUT2D eigenvalue weighted by Gasteiger charge is -2.09. The summed E-state index contributed by atoms with van der Waals surface area (Å²) in [5.74, 6) is -0.819.